The van der Waals surface area contributed by atoms with Crippen molar-refractivity contribution in [1.82, 2.24) is 15.1 Å². The van der Waals surface area contributed by atoms with Gasteiger partial charge >= 0.3 is 0 Å². The van der Waals surface area contributed by atoms with Gasteiger partial charge in [0.05, 0.1) is 5.02 Å². The van der Waals surface area contributed by atoms with E-state index in [1.807, 2.05) is 24.3 Å². The topological polar surface area (TPSA) is 77.8 Å². The first-order valence-electron chi connectivity index (χ1n) is 6.02. The van der Waals surface area contributed by atoms with Crippen LogP contribution in [0, 0.1) is 0 Å². The average Bonchev–Trinajstić information content (AvgIpc) is 2.97. The van der Waals surface area contributed by atoms with E-state index in [2.05, 4.69) is 15.1 Å². The van der Waals surface area contributed by atoms with E-state index in [1.165, 1.54) is 0 Å². The zero-order valence-corrected chi connectivity index (χ0v) is 11.2. The van der Waals surface area contributed by atoms with Gasteiger partial charge in [-0.3, -0.25) is 4.98 Å². The third kappa shape index (κ3) is 2.41. The van der Waals surface area contributed by atoms with Crippen molar-refractivity contribution < 1.29 is 4.52 Å². The minimum atomic E-state index is 0.350. The Morgan fingerprint density at radius 2 is 2.00 bits per heavy atom. The van der Waals surface area contributed by atoms with Gasteiger partial charge in [-0.15, -0.1) is 0 Å². The van der Waals surface area contributed by atoms with Gasteiger partial charge < -0.3 is 10.3 Å². The van der Waals surface area contributed by atoms with Gasteiger partial charge in [0, 0.05) is 18.3 Å². The number of rotatable bonds is 3. The Bertz CT molecular complexity index is 724. The molecule has 3 aromatic rings. The Hall–Kier alpha value is -2.24. The van der Waals surface area contributed by atoms with E-state index in [4.69, 9.17) is 21.9 Å². The molecule has 3 rings (SSSR count). The average molecular weight is 287 g/mol. The summed E-state index contributed by atoms with van der Waals surface area (Å²) < 4.78 is 5.22. The van der Waals surface area contributed by atoms with E-state index >= 15 is 0 Å². The molecule has 0 saturated carbocycles. The monoisotopic (exact) mass is 286 g/mol. The molecular weight excluding hydrogens is 276 g/mol. The molecule has 20 heavy (non-hydrogen) atoms. The molecule has 0 unspecified atom stereocenters. The van der Waals surface area contributed by atoms with Crippen molar-refractivity contribution in [3.05, 3.63) is 53.2 Å². The molecular formula is C14H11ClN4O. The first-order chi connectivity index (χ1) is 9.78. The van der Waals surface area contributed by atoms with Crippen LogP contribution in [0.15, 0.2) is 47.1 Å². The summed E-state index contributed by atoms with van der Waals surface area (Å²) in [6, 6.07) is 11.0. The third-order valence-corrected chi connectivity index (χ3v) is 3.15. The number of pyridine rings is 1. The van der Waals surface area contributed by atoms with Gasteiger partial charge in [-0.25, -0.2) is 0 Å². The van der Waals surface area contributed by atoms with Gasteiger partial charge in [-0.05, 0) is 23.8 Å². The number of nitrogens with zero attached hydrogens (tertiary/aromatic N) is 3. The molecule has 0 saturated heterocycles. The molecule has 0 fully saturated rings. The molecule has 0 aliphatic rings. The summed E-state index contributed by atoms with van der Waals surface area (Å²) in [5.41, 5.74) is 7.80. The van der Waals surface area contributed by atoms with Crippen molar-refractivity contribution in [3.8, 4) is 23.0 Å². The number of nitrogens with two attached hydrogens (primary N) is 1. The smallest absolute Gasteiger partial charge is 0.276 e. The normalized spacial score (nSPS) is 10.7. The Labute approximate surface area is 120 Å². The lowest BCUT2D eigenvalue weighted by Gasteiger charge is -1.97. The zero-order valence-electron chi connectivity index (χ0n) is 10.5. The zero-order chi connectivity index (χ0) is 13.9. The number of benzene rings is 1. The van der Waals surface area contributed by atoms with Gasteiger partial charge in [0.15, 0.2) is 0 Å². The molecule has 6 heteroatoms. The lowest BCUT2D eigenvalue weighted by Crippen LogP contribution is -1.96. The van der Waals surface area contributed by atoms with Crippen molar-refractivity contribution in [2.24, 2.45) is 5.73 Å². The van der Waals surface area contributed by atoms with Crippen molar-refractivity contribution >= 4 is 11.6 Å². The van der Waals surface area contributed by atoms with E-state index in [0.29, 0.717) is 29.0 Å². The van der Waals surface area contributed by atoms with Gasteiger partial charge in [0.1, 0.15) is 5.69 Å². The number of aromatic nitrogens is 3. The highest BCUT2D eigenvalue weighted by Gasteiger charge is 2.13. The molecule has 2 N–H and O–H groups in total. The van der Waals surface area contributed by atoms with E-state index < -0.39 is 0 Å². The van der Waals surface area contributed by atoms with Crippen molar-refractivity contribution in [2.75, 3.05) is 0 Å². The van der Waals surface area contributed by atoms with Crippen LogP contribution in [0.4, 0.5) is 0 Å². The second kappa shape index (κ2) is 5.40. The van der Waals surface area contributed by atoms with E-state index in [0.717, 1.165) is 11.1 Å². The SMILES string of the molecule is NCc1ccc(-c2nc(-c3ccccc3Cl)no2)nc1. The van der Waals surface area contributed by atoms with Crippen LogP contribution in [0.3, 0.4) is 0 Å². The van der Waals surface area contributed by atoms with Crippen LogP contribution in [0.5, 0.6) is 0 Å². The minimum Gasteiger partial charge on any atom is -0.332 e. The van der Waals surface area contributed by atoms with Crippen LogP contribution in [0.1, 0.15) is 5.56 Å². The van der Waals surface area contributed by atoms with Crippen LogP contribution in [0.2, 0.25) is 5.02 Å². The quantitative estimate of drug-likeness (QED) is 0.801. The molecule has 0 spiro atoms. The highest BCUT2D eigenvalue weighted by Crippen LogP contribution is 2.26. The Morgan fingerprint density at radius 3 is 2.70 bits per heavy atom. The van der Waals surface area contributed by atoms with Crippen molar-refractivity contribution in [2.45, 2.75) is 6.54 Å². The number of halogens is 1. The van der Waals surface area contributed by atoms with Crippen LogP contribution in [-0.4, -0.2) is 15.1 Å². The highest BCUT2D eigenvalue weighted by atomic mass is 35.5. The highest BCUT2D eigenvalue weighted by molar-refractivity contribution is 6.33. The standard InChI is InChI=1S/C14H11ClN4O/c15-11-4-2-1-3-10(11)13-18-14(20-19-13)12-6-5-9(7-16)8-17-12/h1-6,8H,7,16H2. The first kappa shape index (κ1) is 12.8. The second-order valence-corrected chi connectivity index (χ2v) is 4.57. The summed E-state index contributed by atoms with van der Waals surface area (Å²) in [5, 5.41) is 4.51. The van der Waals surface area contributed by atoms with Gasteiger partial charge in [0.2, 0.25) is 5.82 Å². The number of hydrogen-bond donors (Lipinski definition) is 1. The summed E-state index contributed by atoms with van der Waals surface area (Å²) in [4.78, 5) is 8.55. The van der Waals surface area contributed by atoms with Gasteiger partial charge in [0.25, 0.3) is 5.89 Å². The van der Waals surface area contributed by atoms with Gasteiger partial charge in [-0.1, -0.05) is 35.0 Å². The lowest BCUT2D eigenvalue weighted by atomic mass is 10.2. The molecule has 0 radical (unpaired) electrons. The Morgan fingerprint density at radius 1 is 1.15 bits per heavy atom. The fraction of sp³-hybridized carbons (Fsp3) is 0.0714. The minimum absolute atomic E-state index is 0.350. The predicted molar refractivity (Wildman–Crippen MR) is 75.9 cm³/mol. The number of hydrogen-bond acceptors (Lipinski definition) is 5. The molecule has 2 heterocycles. The summed E-state index contributed by atoms with van der Waals surface area (Å²) in [7, 11) is 0. The maximum absolute atomic E-state index is 6.10. The van der Waals surface area contributed by atoms with E-state index in [-0.39, 0.29) is 0 Å². The maximum atomic E-state index is 6.10. The second-order valence-electron chi connectivity index (χ2n) is 4.16. The fourth-order valence-electron chi connectivity index (χ4n) is 1.75. The molecule has 1 aromatic carbocycles. The molecule has 2 aromatic heterocycles. The third-order valence-electron chi connectivity index (χ3n) is 2.82. The Kier molecular flexibility index (Phi) is 3.45. The van der Waals surface area contributed by atoms with Crippen molar-refractivity contribution in [3.63, 3.8) is 0 Å². The molecule has 0 aliphatic carbocycles. The fourth-order valence-corrected chi connectivity index (χ4v) is 1.97. The van der Waals surface area contributed by atoms with Crippen LogP contribution in [-0.2, 0) is 6.54 Å². The maximum Gasteiger partial charge on any atom is 0.276 e. The molecule has 0 aliphatic heterocycles. The molecule has 100 valence electrons. The van der Waals surface area contributed by atoms with Gasteiger partial charge in [-0.2, -0.15) is 4.98 Å². The van der Waals surface area contributed by atoms with Crippen LogP contribution in [0.25, 0.3) is 23.0 Å². The largest absolute Gasteiger partial charge is 0.332 e. The summed E-state index contributed by atoms with van der Waals surface area (Å²) in [5.74, 6) is 0.791. The lowest BCUT2D eigenvalue weighted by molar-refractivity contribution is 0.431. The molecule has 0 amide bonds. The summed E-state index contributed by atoms with van der Waals surface area (Å²) in [6.45, 7) is 0.446. The van der Waals surface area contributed by atoms with Crippen molar-refractivity contribution in [1.29, 1.82) is 0 Å². The first-order valence-corrected chi connectivity index (χ1v) is 6.39. The molecule has 0 bridgehead atoms. The molecule has 5 nitrogen and oxygen atoms in total. The predicted octanol–water partition coefficient (Wildman–Crippen LogP) is 2.91. The van der Waals surface area contributed by atoms with Crippen LogP contribution < -0.4 is 5.73 Å². The van der Waals surface area contributed by atoms with Crippen LogP contribution >= 0.6 is 11.6 Å². The summed E-state index contributed by atoms with van der Waals surface area (Å²) in [6.07, 6.45) is 1.69. The molecule has 0 atom stereocenters. The summed E-state index contributed by atoms with van der Waals surface area (Å²) >= 11 is 6.10. The Balaban J connectivity index is 1.95. The van der Waals surface area contributed by atoms with E-state index in [1.54, 1.807) is 18.3 Å². The van der Waals surface area contributed by atoms with E-state index in [9.17, 15) is 0 Å².